The molecule has 29 heavy (non-hydrogen) atoms. The zero-order valence-electron chi connectivity index (χ0n) is 16.4. The molecule has 0 aliphatic carbocycles. The predicted octanol–water partition coefficient (Wildman–Crippen LogP) is 4.36. The number of rotatable bonds is 7. The lowest BCUT2D eigenvalue weighted by molar-refractivity contribution is -0.119. The van der Waals surface area contributed by atoms with E-state index in [1.54, 1.807) is 54.6 Å². The van der Waals surface area contributed by atoms with Crippen LogP contribution < -0.4 is 9.04 Å². The third-order valence-electron chi connectivity index (χ3n) is 4.47. The van der Waals surface area contributed by atoms with Crippen LogP contribution >= 0.6 is 0 Å². The van der Waals surface area contributed by atoms with Gasteiger partial charge in [0, 0.05) is 0 Å². The molecular weight excluding hydrogens is 386 g/mol. The largest absolute Gasteiger partial charge is 0.484 e. The van der Waals surface area contributed by atoms with Crippen molar-refractivity contribution >= 4 is 21.6 Å². The van der Waals surface area contributed by atoms with Crippen molar-refractivity contribution in [1.82, 2.24) is 0 Å². The van der Waals surface area contributed by atoms with Gasteiger partial charge in [-0.3, -0.25) is 4.79 Å². The van der Waals surface area contributed by atoms with Gasteiger partial charge >= 0.3 is 0 Å². The van der Waals surface area contributed by atoms with Crippen molar-refractivity contribution in [2.75, 3.05) is 10.9 Å². The van der Waals surface area contributed by atoms with Gasteiger partial charge in [-0.1, -0.05) is 55.0 Å². The van der Waals surface area contributed by atoms with E-state index in [0.29, 0.717) is 5.75 Å². The van der Waals surface area contributed by atoms with Crippen LogP contribution in [0.25, 0.3) is 0 Å². The maximum atomic E-state index is 13.2. The average Bonchev–Trinajstić information content (AvgIpc) is 2.74. The molecule has 0 atom stereocenters. The highest BCUT2D eigenvalue weighted by atomic mass is 32.2. The number of nitrogens with zero attached hydrogens (tertiary/aromatic N) is 1. The number of hydrogen-bond acceptors (Lipinski definition) is 4. The van der Waals surface area contributed by atoms with Crippen molar-refractivity contribution in [3.05, 3.63) is 90.0 Å². The summed E-state index contributed by atoms with van der Waals surface area (Å²) in [7, 11) is -4.08. The second-order valence-corrected chi connectivity index (χ2v) is 8.38. The lowest BCUT2D eigenvalue weighted by Gasteiger charge is -2.23. The van der Waals surface area contributed by atoms with Crippen LogP contribution in [0.2, 0.25) is 0 Å². The zero-order chi connectivity index (χ0) is 20.9. The monoisotopic (exact) mass is 409 g/mol. The Labute approximate surface area is 171 Å². The van der Waals surface area contributed by atoms with Crippen LogP contribution in [0.1, 0.15) is 18.1 Å². The first-order chi connectivity index (χ1) is 13.9. The number of sulfonamides is 1. The summed E-state index contributed by atoms with van der Waals surface area (Å²) in [5.74, 6) is -0.159. The van der Waals surface area contributed by atoms with Crippen molar-refractivity contribution in [2.45, 2.75) is 25.2 Å². The van der Waals surface area contributed by atoms with Crippen LogP contribution in [0.5, 0.6) is 5.75 Å². The molecule has 0 spiro atoms. The van der Waals surface area contributed by atoms with E-state index in [2.05, 4.69) is 0 Å². The molecule has 0 unspecified atom stereocenters. The molecule has 3 aromatic rings. The molecule has 3 rings (SSSR count). The number of aryl methyl sites for hydroxylation is 2. The van der Waals surface area contributed by atoms with Gasteiger partial charge in [0.15, 0.2) is 6.61 Å². The second-order valence-electron chi connectivity index (χ2n) is 6.60. The summed E-state index contributed by atoms with van der Waals surface area (Å²) in [6, 6.07) is 22.0. The van der Waals surface area contributed by atoms with Crippen LogP contribution in [0.4, 0.5) is 5.69 Å². The fourth-order valence-electron chi connectivity index (χ4n) is 2.82. The van der Waals surface area contributed by atoms with Gasteiger partial charge in [0.25, 0.3) is 15.9 Å². The molecule has 0 saturated carbocycles. The molecule has 0 bridgehead atoms. The average molecular weight is 410 g/mol. The Kier molecular flexibility index (Phi) is 6.34. The fraction of sp³-hybridized carbons (Fsp3) is 0.174. The van der Waals surface area contributed by atoms with Crippen molar-refractivity contribution < 1.29 is 17.9 Å². The molecule has 0 radical (unpaired) electrons. The van der Waals surface area contributed by atoms with Gasteiger partial charge in [0.05, 0.1) is 10.6 Å². The Morgan fingerprint density at radius 2 is 1.52 bits per heavy atom. The van der Waals surface area contributed by atoms with Gasteiger partial charge in [0.2, 0.25) is 0 Å². The summed E-state index contributed by atoms with van der Waals surface area (Å²) < 4.78 is 32.8. The summed E-state index contributed by atoms with van der Waals surface area (Å²) in [5.41, 5.74) is 2.39. The van der Waals surface area contributed by atoms with Crippen LogP contribution in [0.15, 0.2) is 83.8 Å². The fourth-order valence-corrected chi connectivity index (χ4v) is 4.25. The lowest BCUT2D eigenvalue weighted by atomic mass is 10.2. The Morgan fingerprint density at radius 1 is 0.897 bits per heavy atom. The predicted molar refractivity (Wildman–Crippen MR) is 114 cm³/mol. The Morgan fingerprint density at radius 3 is 2.10 bits per heavy atom. The Balaban J connectivity index is 1.90. The molecule has 0 aliphatic rings. The molecule has 0 fully saturated rings. The second kappa shape index (κ2) is 8.92. The minimum absolute atomic E-state index is 0.0428. The summed E-state index contributed by atoms with van der Waals surface area (Å²) in [5, 5.41) is 0. The first kappa shape index (κ1) is 20.6. The van der Waals surface area contributed by atoms with E-state index in [-0.39, 0.29) is 10.6 Å². The van der Waals surface area contributed by atoms with Gasteiger partial charge in [0.1, 0.15) is 5.75 Å². The van der Waals surface area contributed by atoms with E-state index in [1.165, 1.54) is 12.1 Å². The van der Waals surface area contributed by atoms with E-state index < -0.39 is 22.5 Å². The quantitative estimate of drug-likeness (QED) is 0.582. The van der Waals surface area contributed by atoms with Crippen molar-refractivity contribution in [3.8, 4) is 5.75 Å². The summed E-state index contributed by atoms with van der Waals surface area (Å²) in [6.45, 7) is 3.55. The van der Waals surface area contributed by atoms with E-state index in [1.807, 2.05) is 26.0 Å². The topological polar surface area (TPSA) is 63.7 Å². The van der Waals surface area contributed by atoms with Crippen LogP contribution in [0.3, 0.4) is 0 Å². The van der Waals surface area contributed by atoms with Gasteiger partial charge in [-0.15, -0.1) is 0 Å². The van der Waals surface area contributed by atoms with Gasteiger partial charge < -0.3 is 4.74 Å². The summed E-state index contributed by atoms with van der Waals surface area (Å²) in [4.78, 5) is 13.0. The van der Waals surface area contributed by atoms with E-state index >= 15 is 0 Å². The van der Waals surface area contributed by atoms with Gasteiger partial charge in [-0.25, -0.2) is 8.42 Å². The first-order valence-electron chi connectivity index (χ1n) is 9.33. The summed E-state index contributed by atoms with van der Waals surface area (Å²) >= 11 is 0. The maximum Gasteiger partial charge on any atom is 0.278 e. The van der Waals surface area contributed by atoms with Crippen molar-refractivity contribution in [1.29, 1.82) is 0 Å². The van der Waals surface area contributed by atoms with Gasteiger partial charge in [-0.05, 0) is 55.3 Å². The number of carbonyl (C=O) groups excluding carboxylic acids is 1. The molecule has 0 aromatic heterocycles. The van der Waals surface area contributed by atoms with Crippen molar-refractivity contribution in [2.24, 2.45) is 0 Å². The molecule has 6 heteroatoms. The standard InChI is InChI=1S/C23H23NO4S/c1-3-19-11-15-21(16-12-19)28-17-23(25)24(20-13-9-18(2)10-14-20)29(26,27)22-7-5-4-6-8-22/h4-16H,3,17H2,1-2H3. The number of benzene rings is 3. The highest BCUT2D eigenvalue weighted by molar-refractivity contribution is 7.93. The normalized spacial score (nSPS) is 11.1. The van der Waals surface area contributed by atoms with Crippen LogP contribution in [-0.2, 0) is 21.2 Å². The summed E-state index contributed by atoms with van der Waals surface area (Å²) in [6.07, 6.45) is 0.899. The highest BCUT2D eigenvalue weighted by Crippen LogP contribution is 2.25. The number of hydrogen-bond donors (Lipinski definition) is 0. The molecule has 3 aromatic carbocycles. The maximum absolute atomic E-state index is 13.2. The molecule has 0 aliphatic heterocycles. The lowest BCUT2D eigenvalue weighted by Crippen LogP contribution is -2.40. The third-order valence-corrected chi connectivity index (χ3v) is 6.23. The zero-order valence-corrected chi connectivity index (χ0v) is 17.2. The number of anilines is 1. The molecule has 1 amide bonds. The van der Waals surface area contributed by atoms with E-state index in [4.69, 9.17) is 4.74 Å². The smallest absolute Gasteiger partial charge is 0.278 e. The molecule has 0 heterocycles. The van der Waals surface area contributed by atoms with Crippen LogP contribution in [-0.4, -0.2) is 20.9 Å². The first-order valence-corrected chi connectivity index (χ1v) is 10.8. The van der Waals surface area contributed by atoms with Crippen LogP contribution in [0, 0.1) is 6.92 Å². The minimum atomic E-state index is -4.08. The SMILES string of the molecule is CCc1ccc(OCC(=O)N(c2ccc(C)cc2)S(=O)(=O)c2ccccc2)cc1. The molecule has 5 nitrogen and oxygen atoms in total. The third kappa shape index (κ3) is 4.84. The number of amides is 1. The van der Waals surface area contributed by atoms with E-state index in [9.17, 15) is 13.2 Å². The minimum Gasteiger partial charge on any atom is -0.484 e. The van der Waals surface area contributed by atoms with Gasteiger partial charge in [-0.2, -0.15) is 4.31 Å². The molecular formula is C23H23NO4S. The Hall–Kier alpha value is -3.12. The Bertz CT molecular complexity index is 1060. The molecule has 0 N–H and O–H groups in total. The molecule has 150 valence electrons. The van der Waals surface area contributed by atoms with E-state index in [0.717, 1.165) is 21.9 Å². The van der Waals surface area contributed by atoms with Crippen molar-refractivity contribution in [3.63, 3.8) is 0 Å². The number of ether oxygens (including phenoxy) is 1. The number of carbonyl (C=O) groups is 1. The highest BCUT2D eigenvalue weighted by Gasteiger charge is 2.31. The molecule has 0 saturated heterocycles.